The van der Waals surface area contributed by atoms with E-state index in [1.54, 1.807) is 0 Å². The first-order chi connectivity index (χ1) is 6.38. The summed E-state index contributed by atoms with van der Waals surface area (Å²) in [4.78, 5) is 0. The van der Waals surface area contributed by atoms with Crippen molar-refractivity contribution in [1.82, 2.24) is 10.4 Å². The van der Waals surface area contributed by atoms with Gasteiger partial charge in [-0.2, -0.15) is 5.43 Å². The maximum atomic E-state index is 4.65. The quantitative estimate of drug-likeness (QED) is 0.417. The second kappa shape index (κ2) is 6.39. The van der Waals surface area contributed by atoms with Crippen molar-refractivity contribution < 1.29 is 0 Å². The molecule has 0 heterocycles. The third-order valence-electron chi connectivity index (χ3n) is 2.50. The monoisotopic (exact) mass is 183 g/mol. The lowest BCUT2D eigenvalue weighted by molar-refractivity contribution is 0.165. The lowest BCUT2D eigenvalue weighted by Gasteiger charge is -2.20. The maximum absolute atomic E-state index is 4.65. The van der Waals surface area contributed by atoms with Gasteiger partial charge in [0.05, 0.1) is 0 Å². The van der Waals surface area contributed by atoms with E-state index in [-0.39, 0.29) is 0 Å². The van der Waals surface area contributed by atoms with Crippen LogP contribution < -0.4 is 5.43 Å². The second-order valence-electron chi connectivity index (χ2n) is 3.97. The van der Waals surface area contributed by atoms with Gasteiger partial charge in [-0.25, -0.2) is 5.01 Å². The molecule has 0 spiro atoms. The fourth-order valence-electron chi connectivity index (χ4n) is 1.42. The molecular weight excluding hydrogens is 160 g/mol. The number of hydrogen-bond acceptors (Lipinski definition) is 1. The predicted molar refractivity (Wildman–Crippen MR) is 56.5 cm³/mol. The van der Waals surface area contributed by atoms with Crippen molar-refractivity contribution in [2.24, 2.45) is 0 Å². The molecule has 0 saturated heterocycles. The number of rotatable bonds is 8. The van der Waals surface area contributed by atoms with Crippen LogP contribution >= 0.6 is 0 Å². The number of nitrogens with zero attached hydrogens (tertiary/aromatic N) is 2. The zero-order chi connectivity index (χ0) is 9.52. The van der Waals surface area contributed by atoms with Crippen LogP contribution in [0.1, 0.15) is 52.4 Å². The zero-order valence-electron chi connectivity index (χ0n) is 9.13. The molecule has 1 radical (unpaired) electrons. The molecule has 0 N–H and O–H groups in total. The average Bonchev–Trinajstić information content (AvgIpc) is 2.94. The Hall–Kier alpha value is -0.0800. The SMILES string of the molecule is CCCC[N]N(CCCC)C1CC1. The standard InChI is InChI=1S/C11H23N2/c1-3-5-9-12-13(10-6-4-2)11-7-8-11/h11H,3-10H2,1-2H3. The Morgan fingerprint density at radius 1 is 1.15 bits per heavy atom. The van der Waals surface area contributed by atoms with Gasteiger partial charge in [0.1, 0.15) is 0 Å². The molecule has 1 aliphatic rings. The van der Waals surface area contributed by atoms with Gasteiger partial charge < -0.3 is 0 Å². The first-order valence-electron chi connectivity index (χ1n) is 5.82. The Morgan fingerprint density at radius 3 is 2.38 bits per heavy atom. The van der Waals surface area contributed by atoms with Gasteiger partial charge in [0, 0.05) is 19.1 Å². The lowest BCUT2D eigenvalue weighted by Crippen LogP contribution is -2.35. The van der Waals surface area contributed by atoms with Crippen molar-refractivity contribution >= 4 is 0 Å². The second-order valence-corrected chi connectivity index (χ2v) is 3.97. The van der Waals surface area contributed by atoms with E-state index in [1.807, 2.05) is 0 Å². The molecule has 2 heteroatoms. The van der Waals surface area contributed by atoms with Crippen LogP contribution in [0.5, 0.6) is 0 Å². The molecular formula is C11H23N2. The van der Waals surface area contributed by atoms with E-state index in [9.17, 15) is 0 Å². The lowest BCUT2D eigenvalue weighted by atomic mass is 10.3. The third-order valence-corrected chi connectivity index (χ3v) is 2.50. The Balaban J connectivity index is 2.06. The van der Waals surface area contributed by atoms with E-state index >= 15 is 0 Å². The van der Waals surface area contributed by atoms with Gasteiger partial charge in [-0.1, -0.05) is 26.7 Å². The summed E-state index contributed by atoms with van der Waals surface area (Å²) in [6, 6.07) is 0.809. The zero-order valence-corrected chi connectivity index (χ0v) is 9.13. The minimum atomic E-state index is 0.809. The molecule has 13 heavy (non-hydrogen) atoms. The largest absolute Gasteiger partial charge is 0.224 e. The molecule has 1 fully saturated rings. The Kier molecular flexibility index (Phi) is 5.40. The smallest absolute Gasteiger partial charge is 0.0306 e. The molecule has 2 nitrogen and oxygen atoms in total. The summed E-state index contributed by atoms with van der Waals surface area (Å²) >= 11 is 0. The van der Waals surface area contributed by atoms with Crippen molar-refractivity contribution in [1.29, 1.82) is 0 Å². The summed E-state index contributed by atoms with van der Waals surface area (Å²) in [7, 11) is 0. The highest BCUT2D eigenvalue weighted by Crippen LogP contribution is 2.25. The Bertz CT molecular complexity index is 121. The van der Waals surface area contributed by atoms with E-state index in [4.69, 9.17) is 0 Å². The first kappa shape index (κ1) is 11.0. The number of unbranched alkanes of at least 4 members (excludes halogenated alkanes) is 2. The summed E-state index contributed by atoms with van der Waals surface area (Å²) in [6.45, 7) is 6.70. The molecule has 1 saturated carbocycles. The molecule has 0 unspecified atom stereocenters. The highest BCUT2D eigenvalue weighted by atomic mass is 15.5. The molecule has 0 atom stereocenters. The summed E-state index contributed by atoms with van der Waals surface area (Å²) in [5.74, 6) is 0. The maximum Gasteiger partial charge on any atom is 0.0306 e. The van der Waals surface area contributed by atoms with Crippen molar-refractivity contribution in [3.63, 3.8) is 0 Å². The average molecular weight is 183 g/mol. The van der Waals surface area contributed by atoms with E-state index < -0.39 is 0 Å². The molecule has 0 aromatic carbocycles. The third kappa shape index (κ3) is 4.63. The van der Waals surface area contributed by atoms with Crippen LogP contribution in [0.4, 0.5) is 0 Å². The van der Waals surface area contributed by atoms with Gasteiger partial charge in [0.2, 0.25) is 0 Å². The molecule has 0 bridgehead atoms. The van der Waals surface area contributed by atoms with Crippen LogP contribution in [-0.2, 0) is 0 Å². The van der Waals surface area contributed by atoms with Gasteiger partial charge in [0.25, 0.3) is 0 Å². The minimum Gasteiger partial charge on any atom is -0.224 e. The summed E-state index contributed by atoms with van der Waals surface area (Å²) in [5, 5.41) is 2.35. The van der Waals surface area contributed by atoms with E-state index in [1.165, 1.54) is 45.1 Å². The normalized spacial score (nSPS) is 16.8. The van der Waals surface area contributed by atoms with Crippen LogP contribution in [0.25, 0.3) is 0 Å². The summed E-state index contributed by atoms with van der Waals surface area (Å²) in [5.41, 5.74) is 4.65. The van der Waals surface area contributed by atoms with Crippen molar-refractivity contribution in [2.75, 3.05) is 13.1 Å². The van der Waals surface area contributed by atoms with Gasteiger partial charge in [-0.3, -0.25) is 0 Å². The van der Waals surface area contributed by atoms with E-state index in [2.05, 4.69) is 24.3 Å². The van der Waals surface area contributed by atoms with Crippen LogP contribution in [0.2, 0.25) is 0 Å². The van der Waals surface area contributed by atoms with Gasteiger partial charge in [-0.15, -0.1) is 0 Å². The first-order valence-corrected chi connectivity index (χ1v) is 5.82. The van der Waals surface area contributed by atoms with Gasteiger partial charge in [-0.05, 0) is 25.7 Å². The van der Waals surface area contributed by atoms with Crippen molar-refractivity contribution in [3.8, 4) is 0 Å². The Morgan fingerprint density at radius 2 is 1.85 bits per heavy atom. The molecule has 0 aliphatic heterocycles. The highest BCUT2D eigenvalue weighted by Gasteiger charge is 2.28. The molecule has 0 aromatic heterocycles. The fourth-order valence-corrected chi connectivity index (χ4v) is 1.42. The topological polar surface area (TPSA) is 17.3 Å². The van der Waals surface area contributed by atoms with Crippen LogP contribution in [-0.4, -0.2) is 24.1 Å². The van der Waals surface area contributed by atoms with E-state index in [0.29, 0.717) is 0 Å². The van der Waals surface area contributed by atoms with Crippen LogP contribution in [0, 0.1) is 0 Å². The van der Waals surface area contributed by atoms with E-state index in [0.717, 1.165) is 12.6 Å². The summed E-state index contributed by atoms with van der Waals surface area (Å²) in [6.07, 6.45) is 7.84. The van der Waals surface area contributed by atoms with Gasteiger partial charge in [0.15, 0.2) is 0 Å². The molecule has 1 aliphatic carbocycles. The van der Waals surface area contributed by atoms with Crippen LogP contribution in [0.15, 0.2) is 0 Å². The van der Waals surface area contributed by atoms with Crippen LogP contribution in [0.3, 0.4) is 0 Å². The highest BCUT2D eigenvalue weighted by molar-refractivity contribution is 4.82. The molecule has 0 aromatic rings. The molecule has 0 amide bonds. The molecule has 77 valence electrons. The summed E-state index contributed by atoms with van der Waals surface area (Å²) < 4.78 is 0. The van der Waals surface area contributed by atoms with Gasteiger partial charge >= 0.3 is 0 Å². The fraction of sp³-hybridized carbons (Fsp3) is 1.00. The van der Waals surface area contributed by atoms with Crippen molar-refractivity contribution in [3.05, 3.63) is 0 Å². The minimum absolute atomic E-state index is 0.809. The van der Waals surface area contributed by atoms with Crippen molar-refractivity contribution in [2.45, 2.75) is 58.4 Å². The molecule has 1 rings (SSSR count). The predicted octanol–water partition coefficient (Wildman–Crippen LogP) is 2.57. The number of hydrogen-bond donors (Lipinski definition) is 0. The Labute approximate surface area is 82.7 Å².